The first-order valence-corrected chi connectivity index (χ1v) is 8.51. The van der Waals surface area contributed by atoms with Gasteiger partial charge in [-0.25, -0.2) is 9.78 Å². The maximum Gasteiger partial charge on any atom is 0.340 e. The zero-order valence-electron chi connectivity index (χ0n) is 13.2. The average Bonchev–Trinajstić information content (AvgIpc) is 3.06. The standard InChI is InChI=1S/C17H14N4O2S2/c1-23-16(22)12-9-13(11-5-3-2-4-6-11)25-15(12)21-17(24)20-14-10-18-7-8-19-14/h2-10H,1H3,(H2,19,20,21,24). The van der Waals surface area contributed by atoms with Crippen LogP contribution in [0.5, 0.6) is 0 Å². The van der Waals surface area contributed by atoms with Gasteiger partial charge in [0, 0.05) is 17.3 Å². The van der Waals surface area contributed by atoms with Crippen LogP contribution in [0, 0.1) is 0 Å². The molecule has 0 aliphatic heterocycles. The molecule has 0 radical (unpaired) electrons. The molecule has 0 amide bonds. The molecule has 126 valence electrons. The average molecular weight is 370 g/mol. The molecule has 3 rings (SSSR count). The molecule has 1 aromatic carbocycles. The fourth-order valence-corrected chi connectivity index (χ4v) is 3.43. The molecule has 2 N–H and O–H groups in total. The van der Waals surface area contributed by atoms with Gasteiger partial charge in [-0.3, -0.25) is 4.98 Å². The molecule has 0 saturated heterocycles. The van der Waals surface area contributed by atoms with Crippen molar-refractivity contribution in [3.63, 3.8) is 0 Å². The molecule has 6 nitrogen and oxygen atoms in total. The Morgan fingerprint density at radius 1 is 1.20 bits per heavy atom. The normalized spacial score (nSPS) is 10.1. The summed E-state index contributed by atoms with van der Waals surface area (Å²) in [6, 6.07) is 11.6. The van der Waals surface area contributed by atoms with E-state index in [0.29, 0.717) is 21.5 Å². The molecular formula is C17H14N4O2S2. The third kappa shape index (κ3) is 4.17. The number of hydrogen-bond acceptors (Lipinski definition) is 6. The van der Waals surface area contributed by atoms with Gasteiger partial charge in [0.05, 0.1) is 18.9 Å². The molecule has 0 spiro atoms. The van der Waals surface area contributed by atoms with Gasteiger partial charge >= 0.3 is 5.97 Å². The minimum Gasteiger partial charge on any atom is -0.465 e. The first-order valence-electron chi connectivity index (χ1n) is 7.29. The Morgan fingerprint density at radius 3 is 2.68 bits per heavy atom. The number of carbonyl (C=O) groups excluding carboxylic acids is 1. The molecule has 25 heavy (non-hydrogen) atoms. The lowest BCUT2D eigenvalue weighted by Crippen LogP contribution is -2.20. The van der Waals surface area contributed by atoms with E-state index >= 15 is 0 Å². The van der Waals surface area contributed by atoms with Crippen LogP contribution in [0.1, 0.15) is 10.4 Å². The van der Waals surface area contributed by atoms with Crippen molar-refractivity contribution in [3.05, 3.63) is 60.6 Å². The van der Waals surface area contributed by atoms with Crippen LogP contribution in [0.2, 0.25) is 0 Å². The number of nitrogens with one attached hydrogen (secondary N) is 2. The number of methoxy groups -OCH3 is 1. The summed E-state index contributed by atoms with van der Waals surface area (Å²) in [5.41, 5.74) is 1.44. The second kappa shape index (κ2) is 7.82. The van der Waals surface area contributed by atoms with E-state index in [0.717, 1.165) is 10.4 Å². The van der Waals surface area contributed by atoms with Gasteiger partial charge in [0.1, 0.15) is 5.00 Å². The van der Waals surface area contributed by atoms with E-state index in [1.54, 1.807) is 24.7 Å². The molecular weight excluding hydrogens is 356 g/mol. The zero-order chi connectivity index (χ0) is 17.6. The largest absolute Gasteiger partial charge is 0.465 e. The topological polar surface area (TPSA) is 76.1 Å². The number of thiophene rings is 1. The first-order chi connectivity index (χ1) is 12.2. The Hall–Kier alpha value is -2.84. The van der Waals surface area contributed by atoms with Gasteiger partial charge < -0.3 is 15.4 Å². The number of carbonyl (C=O) groups is 1. The molecule has 0 atom stereocenters. The molecule has 0 unspecified atom stereocenters. The highest BCUT2D eigenvalue weighted by atomic mass is 32.1. The molecule has 2 aromatic heterocycles. The smallest absolute Gasteiger partial charge is 0.340 e. The molecule has 0 aliphatic carbocycles. The minimum absolute atomic E-state index is 0.312. The van der Waals surface area contributed by atoms with E-state index in [1.807, 2.05) is 30.3 Å². The van der Waals surface area contributed by atoms with E-state index in [2.05, 4.69) is 20.6 Å². The maximum absolute atomic E-state index is 12.1. The van der Waals surface area contributed by atoms with Crippen molar-refractivity contribution >= 4 is 45.5 Å². The van der Waals surface area contributed by atoms with Crippen molar-refractivity contribution in [1.29, 1.82) is 0 Å². The van der Waals surface area contributed by atoms with Gasteiger partial charge in [-0.1, -0.05) is 30.3 Å². The second-order valence-electron chi connectivity index (χ2n) is 4.88. The second-order valence-corrected chi connectivity index (χ2v) is 6.34. The summed E-state index contributed by atoms with van der Waals surface area (Å²) in [5, 5.41) is 6.88. The lowest BCUT2D eigenvalue weighted by atomic mass is 10.1. The van der Waals surface area contributed by atoms with Gasteiger partial charge in [-0.05, 0) is 23.8 Å². The van der Waals surface area contributed by atoms with E-state index in [-0.39, 0.29) is 0 Å². The van der Waals surface area contributed by atoms with Gasteiger partial charge in [0.25, 0.3) is 0 Å². The van der Waals surface area contributed by atoms with Crippen LogP contribution in [-0.4, -0.2) is 28.2 Å². The van der Waals surface area contributed by atoms with Gasteiger partial charge in [0.2, 0.25) is 0 Å². The van der Waals surface area contributed by atoms with Gasteiger partial charge in [0.15, 0.2) is 10.9 Å². The highest BCUT2D eigenvalue weighted by molar-refractivity contribution is 7.80. The Balaban J connectivity index is 1.85. The molecule has 0 fully saturated rings. The molecule has 0 bridgehead atoms. The maximum atomic E-state index is 12.1. The molecule has 3 aromatic rings. The highest BCUT2D eigenvalue weighted by Gasteiger charge is 2.18. The fraction of sp³-hybridized carbons (Fsp3) is 0.0588. The monoisotopic (exact) mass is 370 g/mol. The minimum atomic E-state index is -0.428. The molecule has 8 heteroatoms. The van der Waals surface area contributed by atoms with Crippen LogP contribution in [0.25, 0.3) is 10.4 Å². The first kappa shape index (κ1) is 17.0. The van der Waals surface area contributed by atoms with E-state index in [9.17, 15) is 4.79 Å². The number of benzene rings is 1. The summed E-state index contributed by atoms with van der Waals surface area (Å²) in [4.78, 5) is 21.1. The number of anilines is 2. The zero-order valence-corrected chi connectivity index (χ0v) is 14.9. The number of rotatable bonds is 4. The van der Waals surface area contributed by atoms with E-state index < -0.39 is 5.97 Å². The van der Waals surface area contributed by atoms with Crippen LogP contribution in [0.15, 0.2) is 55.0 Å². The summed E-state index contributed by atoms with van der Waals surface area (Å²) in [6.07, 6.45) is 4.69. The summed E-state index contributed by atoms with van der Waals surface area (Å²) in [6.45, 7) is 0. The quantitative estimate of drug-likeness (QED) is 0.534. The summed E-state index contributed by atoms with van der Waals surface area (Å²) >= 11 is 6.71. The predicted molar refractivity (Wildman–Crippen MR) is 103 cm³/mol. The molecule has 0 saturated carbocycles. The van der Waals surface area contributed by atoms with Crippen molar-refractivity contribution in [3.8, 4) is 10.4 Å². The van der Waals surface area contributed by atoms with Crippen LogP contribution < -0.4 is 10.6 Å². The Labute approximate surface area is 153 Å². The Morgan fingerprint density at radius 2 is 2.00 bits per heavy atom. The lowest BCUT2D eigenvalue weighted by Gasteiger charge is -2.09. The number of aromatic nitrogens is 2. The summed E-state index contributed by atoms with van der Waals surface area (Å²) in [7, 11) is 1.35. The SMILES string of the molecule is COC(=O)c1cc(-c2ccccc2)sc1NC(=S)Nc1cnccn1. The van der Waals surface area contributed by atoms with E-state index in [1.165, 1.54) is 18.4 Å². The Kier molecular flexibility index (Phi) is 5.32. The summed E-state index contributed by atoms with van der Waals surface area (Å²) in [5.74, 6) is 0.0858. The van der Waals surface area contributed by atoms with Crippen molar-refractivity contribution in [2.45, 2.75) is 0 Å². The lowest BCUT2D eigenvalue weighted by molar-refractivity contribution is 0.0602. The number of nitrogens with zero attached hydrogens (tertiary/aromatic N) is 2. The number of esters is 1. The van der Waals surface area contributed by atoms with Gasteiger partial charge in [-0.15, -0.1) is 11.3 Å². The van der Waals surface area contributed by atoms with Crippen LogP contribution >= 0.6 is 23.6 Å². The number of thiocarbonyl (C=S) groups is 1. The van der Waals surface area contributed by atoms with Crippen molar-refractivity contribution in [2.75, 3.05) is 17.7 Å². The Bertz CT molecular complexity index is 882. The van der Waals surface area contributed by atoms with Crippen LogP contribution in [0.4, 0.5) is 10.8 Å². The predicted octanol–water partition coefficient (Wildman–Crippen LogP) is 3.80. The highest BCUT2D eigenvalue weighted by Crippen LogP contribution is 2.35. The molecule has 0 aliphatic rings. The van der Waals surface area contributed by atoms with Crippen LogP contribution in [-0.2, 0) is 4.74 Å². The van der Waals surface area contributed by atoms with Crippen LogP contribution in [0.3, 0.4) is 0 Å². The fourth-order valence-electron chi connectivity index (χ4n) is 2.10. The van der Waals surface area contributed by atoms with E-state index in [4.69, 9.17) is 17.0 Å². The summed E-state index contributed by atoms with van der Waals surface area (Å²) < 4.78 is 4.87. The number of hydrogen-bond donors (Lipinski definition) is 2. The number of ether oxygens (including phenoxy) is 1. The molecule has 2 heterocycles. The van der Waals surface area contributed by atoms with Crippen molar-refractivity contribution in [1.82, 2.24) is 9.97 Å². The van der Waals surface area contributed by atoms with Crippen molar-refractivity contribution in [2.24, 2.45) is 0 Å². The van der Waals surface area contributed by atoms with Crippen molar-refractivity contribution < 1.29 is 9.53 Å². The van der Waals surface area contributed by atoms with Gasteiger partial charge in [-0.2, -0.15) is 0 Å². The third-order valence-corrected chi connectivity index (χ3v) is 4.53. The third-order valence-electron chi connectivity index (χ3n) is 3.23.